The third-order valence-electron chi connectivity index (χ3n) is 12.1. The minimum atomic E-state index is -0.794. The van der Waals surface area contributed by atoms with Gasteiger partial charge < -0.3 is 20.3 Å². The molecule has 3 atom stereocenters. The summed E-state index contributed by atoms with van der Waals surface area (Å²) in [6.45, 7) is 6.48. The molecule has 0 aromatic heterocycles. The Balaban J connectivity index is 4.58. The van der Waals surface area contributed by atoms with E-state index in [0.717, 1.165) is 57.8 Å². The van der Waals surface area contributed by atoms with Gasteiger partial charge in [0.05, 0.1) is 25.2 Å². The highest BCUT2D eigenvalue weighted by atomic mass is 16.5. The van der Waals surface area contributed by atoms with Gasteiger partial charge in [-0.05, 0) is 44.9 Å². The molecule has 0 aromatic rings. The molecule has 1 amide bonds. The fourth-order valence-corrected chi connectivity index (χ4v) is 8.08. The standard InChI is InChI=1S/C53H101NO5/c1-4-7-10-13-16-19-22-24-26-28-31-33-36-39-42-45-51(56)50(48-55)54-52(57)47-49(44-41-38-35-32-30-27-25-23-20-17-14-11-8-5-2)59-53(58)46-43-40-37-34-29-21-18-15-12-9-6-3/h27,30,32,35,49-51,55-56H,4-26,28-29,31,33-34,36-48H2,1-3H3,(H,54,57)/b30-27+,35-32+. The van der Waals surface area contributed by atoms with Crippen LogP contribution in [0.25, 0.3) is 0 Å². The van der Waals surface area contributed by atoms with Crippen molar-refractivity contribution in [1.82, 2.24) is 5.32 Å². The molecular weight excluding hydrogens is 731 g/mol. The minimum absolute atomic E-state index is 0.0498. The first-order valence-corrected chi connectivity index (χ1v) is 26.1. The van der Waals surface area contributed by atoms with Gasteiger partial charge in [0.2, 0.25) is 5.91 Å². The van der Waals surface area contributed by atoms with Crippen LogP contribution in [0.1, 0.15) is 278 Å². The van der Waals surface area contributed by atoms with Crippen molar-refractivity contribution in [1.29, 1.82) is 0 Å². The predicted molar refractivity (Wildman–Crippen MR) is 255 cm³/mol. The molecule has 0 fully saturated rings. The highest BCUT2D eigenvalue weighted by molar-refractivity contribution is 5.77. The number of carbonyl (C=O) groups is 2. The van der Waals surface area contributed by atoms with Crippen LogP contribution in [0.3, 0.4) is 0 Å². The zero-order valence-corrected chi connectivity index (χ0v) is 39.7. The predicted octanol–water partition coefficient (Wildman–Crippen LogP) is 15.5. The number of carbonyl (C=O) groups excluding carboxylic acids is 2. The number of amides is 1. The molecule has 6 heteroatoms. The van der Waals surface area contributed by atoms with E-state index in [9.17, 15) is 19.8 Å². The Morgan fingerprint density at radius 2 is 0.864 bits per heavy atom. The van der Waals surface area contributed by atoms with Crippen LogP contribution in [0.5, 0.6) is 0 Å². The number of esters is 1. The molecule has 348 valence electrons. The van der Waals surface area contributed by atoms with Crippen LogP contribution in [0.4, 0.5) is 0 Å². The molecule has 0 aromatic carbocycles. The van der Waals surface area contributed by atoms with Crippen molar-refractivity contribution in [2.45, 2.75) is 296 Å². The molecule has 59 heavy (non-hydrogen) atoms. The Bertz CT molecular complexity index is 935. The molecule has 0 aliphatic rings. The summed E-state index contributed by atoms with van der Waals surface area (Å²) in [5.74, 6) is -0.509. The van der Waals surface area contributed by atoms with Crippen molar-refractivity contribution in [3.05, 3.63) is 24.3 Å². The lowest BCUT2D eigenvalue weighted by atomic mass is 10.0. The summed E-state index contributed by atoms with van der Waals surface area (Å²) >= 11 is 0. The van der Waals surface area contributed by atoms with Crippen LogP contribution in [-0.2, 0) is 14.3 Å². The molecule has 3 unspecified atom stereocenters. The summed E-state index contributed by atoms with van der Waals surface area (Å²) in [4.78, 5) is 26.1. The fourth-order valence-electron chi connectivity index (χ4n) is 8.08. The summed E-state index contributed by atoms with van der Waals surface area (Å²) in [6, 6.07) is -0.711. The molecule has 0 heterocycles. The van der Waals surface area contributed by atoms with Crippen molar-refractivity contribution < 1.29 is 24.5 Å². The second kappa shape index (κ2) is 47.4. The lowest BCUT2D eigenvalue weighted by Gasteiger charge is -2.24. The van der Waals surface area contributed by atoms with Gasteiger partial charge in [-0.3, -0.25) is 9.59 Å². The number of hydrogen-bond donors (Lipinski definition) is 3. The summed E-state index contributed by atoms with van der Waals surface area (Å²) < 4.78 is 5.90. The van der Waals surface area contributed by atoms with Crippen LogP contribution < -0.4 is 5.32 Å². The Hall–Kier alpha value is -1.66. The molecule has 0 aliphatic carbocycles. The third kappa shape index (κ3) is 42.8. The average Bonchev–Trinajstić information content (AvgIpc) is 3.23. The van der Waals surface area contributed by atoms with E-state index in [1.165, 1.54) is 173 Å². The summed E-state index contributed by atoms with van der Waals surface area (Å²) in [5, 5.41) is 23.8. The first kappa shape index (κ1) is 57.3. The van der Waals surface area contributed by atoms with E-state index in [4.69, 9.17) is 4.74 Å². The largest absolute Gasteiger partial charge is 0.462 e. The third-order valence-corrected chi connectivity index (χ3v) is 12.1. The molecule has 0 radical (unpaired) electrons. The van der Waals surface area contributed by atoms with E-state index in [2.05, 4.69) is 50.4 Å². The zero-order valence-electron chi connectivity index (χ0n) is 39.7. The van der Waals surface area contributed by atoms with Gasteiger partial charge in [0, 0.05) is 6.42 Å². The molecular formula is C53H101NO5. The normalized spacial score (nSPS) is 13.4. The first-order valence-electron chi connectivity index (χ1n) is 26.1. The van der Waals surface area contributed by atoms with E-state index in [-0.39, 0.29) is 24.9 Å². The highest BCUT2D eigenvalue weighted by Gasteiger charge is 2.24. The smallest absolute Gasteiger partial charge is 0.306 e. The Kier molecular flexibility index (Phi) is 46.1. The topological polar surface area (TPSA) is 95.9 Å². The number of rotatable bonds is 47. The second-order valence-electron chi connectivity index (χ2n) is 18.0. The van der Waals surface area contributed by atoms with Crippen LogP contribution in [-0.4, -0.2) is 46.9 Å². The van der Waals surface area contributed by atoms with Gasteiger partial charge in [-0.25, -0.2) is 0 Å². The number of allylic oxidation sites excluding steroid dienone is 4. The molecule has 0 spiro atoms. The summed E-state index contributed by atoms with van der Waals surface area (Å²) in [7, 11) is 0. The Morgan fingerprint density at radius 1 is 0.492 bits per heavy atom. The Morgan fingerprint density at radius 3 is 1.29 bits per heavy atom. The SMILES string of the molecule is CCCCCCCCC/C=C/C=C/CCCC(CC(=O)NC(CO)C(O)CCCCCCCCCCCCCCCCC)OC(=O)CCCCCCCCCCCCC. The molecule has 6 nitrogen and oxygen atoms in total. The van der Waals surface area contributed by atoms with E-state index in [0.29, 0.717) is 19.3 Å². The molecule has 0 bridgehead atoms. The van der Waals surface area contributed by atoms with E-state index in [1.54, 1.807) is 0 Å². The van der Waals surface area contributed by atoms with Gasteiger partial charge in [-0.1, -0.05) is 244 Å². The van der Waals surface area contributed by atoms with Gasteiger partial charge in [0.1, 0.15) is 6.10 Å². The number of hydrogen-bond acceptors (Lipinski definition) is 5. The maximum absolute atomic E-state index is 13.2. The van der Waals surface area contributed by atoms with Gasteiger partial charge in [-0.2, -0.15) is 0 Å². The van der Waals surface area contributed by atoms with E-state index >= 15 is 0 Å². The summed E-state index contributed by atoms with van der Waals surface area (Å²) in [6.07, 6.45) is 53.8. The lowest BCUT2D eigenvalue weighted by Crippen LogP contribution is -2.46. The number of nitrogens with one attached hydrogen (secondary N) is 1. The lowest BCUT2D eigenvalue weighted by molar-refractivity contribution is -0.151. The van der Waals surface area contributed by atoms with E-state index < -0.39 is 18.2 Å². The molecule has 0 saturated carbocycles. The summed E-state index contributed by atoms with van der Waals surface area (Å²) in [5.41, 5.74) is 0. The Labute approximate surface area is 367 Å². The van der Waals surface area contributed by atoms with Crippen LogP contribution in [0, 0.1) is 0 Å². The molecule has 0 saturated heterocycles. The van der Waals surface area contributed by atoms with Gasteiger partial charge in [-0.15, -0.1) is 0 Å². The van der Waals surface area contributed by atoms with Gasteiger partial charge >= 0.3 is 5.97 Å². The van der Waals surface area contributed by atoms with Crippen molar-refractivity contribution in [3.63, 3.8) is 0 Å². The number of aliphatic hydroxyl groups is 2. The zero-order chi connectivity index (χ0) is 43.1. The van der Waals surface area contributed by atoms with Crippen molar-refractivity contribution in [2.75, 3.05) is 6.61 Å². The van der Waals surface area contributed by atoms with Gasteiger partial charge in [0.15, 0.2) is 0 Å². The van der Waals surface area contributed by atoms with Crippen LogP contribution >= 0.6 is 0 Å². The maximum atomic E-state index is 13.2. The minimum Gasteiger partial charge on any atom is -0.462 e. The van der Waals surface area contributed by atoms with Crippen molar-refractivity contribution in [2.24, 2.45) is 0 Å². The van der Waals surface area contributed by atoms with Crippen molar-refractivity contribution >= 4 is 11.9 Å². The molecule has 3 N–H and O–H groups in total. The number of aliphatic hydroxyl groups excluding tert-OH is 2. The van der Waals surface area contributed by atoms with E-state index in [1.807, 2.05) is 0 Å². The molecule has 0 rings (SSSR count). The second-order valence-corrected chi connectivity index (χ2v) is 18.0. The highest BCUT2D eigenvalue weighted by Crippen LogP contribution is 2.18. The quantitative estimate of drug-likeness (QED) is 0.0322. The average molecular weight is 832 g/mol. The van der Waals surface area contributed by atoms with Gasteiger partial charge in [0.25, 0.3) is 0 Å². The van der Waals surface area contributed by atoms with Crippen molar-refractivity contribution in [3.8, 4) is 0 Å². The first-order chi connectivity index (χ1) is 29.0. The molecule has 0 aliphatic heterocycles. The number of ether oxygens (including phenoxy) is 1. The maximum Gasteiger partial charge on any atom is 0.306 e. The fraction of sp³-hybridized carbons (Fsp3) is 0.887. The number of unbranched alkanes of at least 4 members (excludes halogenated alkanes) is 32. The monoisotopic (exact) mass is 832 g/mol. The van der Waals surface area contributed by atoms with Crippen LogP contribution in [0.15, 0.2) is 24.3 Å². The van der Waals surface area contributed by atoms with Crippen LogP contribution in [0.2, 0.25) is 0 Å².